The van der Waals surface area contributed by atoms with Crippen molar-refractivity contribution in [3.8, 4) is 5.75 Å². The summed E-state index contributed by atoms with van der Waals surface area (Å²) in [5.74, 6) is 0.238. The van der Waals surface area contributed by atoms with E-state index in [0.29, 0.717) is 10.8 Å². The van der Waals surface area contributed by atoms with E-state index in [-0.39, 0.29) is 19.0 Å². The first-order chi connectivity index (χ1) is 10.9. The smallest absolute Gasteiger partial charge is 0.331 e. The average Bonchev–Trinajstić information content (AvgIpc) is 2.53. The number of hydrogen-bond acceptors (Lipinski definition) is 4. The van der Waals surface area contributed by atoms with E-state index in [1.807, 2.05) is 0 Å². The van der Waals surface area contributed by atoms with E-state index >= 15 is 0 Å². The molecule has 1 heterocycles. The maximum absolute atomic E-state index is 12.0. The van der Waals surface area contributed by atoms with Crippen LogP contribution in [0.4, 0.5) is 0 Å². The molecule has 0 saturated heterocycles. The molecule has 1 aromatic heterocycles. The lowest BCUT2D eigenvalue weighted by atomic mass is 10.2. The summed E-state index contributed by atoms with van der Waals surface area (Å²) in [6.45, 7) is 0.0267. The Morgan fingerprint density at radius 1 is 1.30 bits per heavy atom. The zero-order valence-corrected chi connectivity index (χ0v) is 13.5. The lowest BCUT2D eigenvalue weighted by Crippen LogP contribution is -2.40. The van der Waals surface area contributed by atoms with Gasteiger partial charge in [0, 0.05) is 36.4 Å². The molecular weight excluding hydrogens is 322 g/mol. The fourth-order valence-corrected chi connectivity index (χ4v) is 2.22. The van der Waals surface area contributed by atoms with Crippen molar-refractivity contribution >= 4 is 17.5 Å². The predicted molar refractivity (Wildman–Crippen MR) is 85.8 cm³/mol. The van der Waals surface area contributed by atoms with Crippen molar-refractivity contribution in [3.05, 3.63) is 61.9 Å². The van der Waals surface area contributed by atoms with Crippen LogP contribution in [0.1, 0.15) is 5.56 Å². The monoisotopic (exact) mass is 337 g/mol. The van der Waals surface area contributed by atoms with Crippen molar-refractivity contribution in [2.45, 2.75) is 13.1 Å². The molecule has 1 aromatic carbocycles. The van der Waals surface area contributed by atoms with Gasteiger partial charge in [0.25, 0.3) is 5.56 Å². The number of benzene rings is 1. The summed E-state index contributed by atoms with van der Waals surface area (Å²) in [6, 6.07) is 6.32. The van der Waals surface area contributed by atoms with Gasteiger partial charge in [-0.15, -0.1) is 0 Å². The Labute approximate surface area is 137 Å². The first kappa shape index (κ1) is 16.8. The third-order valence-corrected chi connectivity index (χ3v) is 3.53. The van der Waals surface area contributed by atoms with Crippen LogP contribution in [0.15, 0.2) is 40.1 Å². The number of rotatable bonds is 5. The highest BCUT2D eigenvalue weighted by atomic mass is 35.5. The molecule has 0 fully saturated rings. The minimum absolute atomic E-state index is 0.185. The largest absolute Gasteiger partial charge is 0.496 e. The Morgan fingerprint density at radius 2 is 2.04 bits per heavy atom. The molecule has 0 spiro atoms. The van der Waals surface area contributed by atoms with Gasteiger partial charge >= 0.3 is 5.69 Å². The van der Waals surface area contributed by atoms with Crippen molar-refractivity contribution in [2.24, 2.45) is 7.05 Å². The van der Waals surface area contributed by atoms with Crippen molar-refractivity contribution in [2.75, 3.05) is 7.11 Å². The minimum atomic E-state index is -0.548. The summed E-state index contributed by atoms with van der Waals surface area (Å²) >= 11 is 5.93. The van der Waals surface area contributed by atoms with E-state index in [2.05, 4.69) is 5.32 Å². The predicted octanol–water partition coefficient (Wildman–Crippen LogP) is 0.525. The Kier molecular flexibility index (Phi) is 5.23. The zero-order valence-electron chi connectivity index (χ0n) is 12.7. The molecule has 23 heavy (non-hydrogen) atoms. The van der Waals surface area contributed by atoms with Gasteiger partial charge in [0.15, 0.2) is 0 Å². The molecule has 0 radical (unpaired) electrons. The molecule has 0 aliphatic carbocycles. The molecular formula is C15H16ClN3O4. The molecule has 0 aliphatic heterocycles. The molecule has 2 rings (SSSR count). The molecule has 0 saturated carbocycles. The van der Waals surface area contributed by atoms with Gasteiger partial charge in [0.2, 0.25) is 5.91 Å². The summed E-state index contributed by atoms with van der Waals surface area (Å²) in [5.41, 5.74) is -0.246. The van der Waals surface area contributed by atoms with Crippen LogP contribution in [-0.2, 0) is 24.9 Å². The molecule has 8 heteroatoms. The van der Waals surface area contributed by atoms with Crippen molar-refractivity contribution in [1.29, 1.82) is 0 Å². The second kappa shape index (κ2) is 7.15. The Bertz CT molecular complexity index is 841. The van der Waals surface area contributed by atoms with Gasteiger partial charge in [0.05, 0.1) is 7.11 Å². The van der Waals surface area contributed by atoms with E-state index in [9.17, 15) is 14.4 Å². The number of carbonyl (C=O) groups is 1. The lowest BCUT2D eigenvalue weighted by molar-refractivity contribution is -0.121. The summed E-state index contributed by atoms with van der Waals surface area (Å²) in [7, 11) is 2.88. The molecule has 122 valence electrons. The number of ether oxygens (including phenoxy) is 1. The quantitative estimate of drug-likeness (QED) is 0.862. The first-order valence-electron chi connectivity index (χ1n) is 6.78. The van der Waals surface area contributed by atoms with Crippen LogP contribution in [0.5, 0.6) is 5.75 Å². The van der Waals surface area contributed by atoms with E-state index in [0.717, 1.165) is 14.7 Å². The fraction of sp³-hybridized carbons (Fsp3) is 0.267. The van der Waals surface area contributed by atoms with E-state index in [4.69, 9.17) is 16.3 Å². The molecule has 1 amide bonds. The van der Waals surface area contributed by atoms with Crippen molar-refractivity contribution in [3.63, 3.8) is 0 Å². The number of methoxy groups -OCH3 is 1. The third kappa shape index (κ3) is 4.01. The number of amides is 1. The van der Waals surface area contributed by atoms with Gasteiger partial charge in [0.1, 0.15) is 12.3 Å². The number of aromatic nitrogens is 2. The summed E-state index contributed by atoms with van der Waals surface area (Å²) in [5, 5.41) is 3.22. The van der Waals surface area contributed by atoms with Crippen LogP contribution in [0.2, 0.25) is 5.02 Å². The SMILES string of the molecule is COc1ccc(Cl)cc1CNC(=O)Cn1ccc(=O)n(C)c1=O. The van der Waals surface area contributed by atoms with Crippen LogP contribution in [0.3, 0.4) is 0 Å². The molecule has 7 nitrogen and oxygen atoms in total. The van der Waals surface area contributed by atoms with E-state index < -0.39 is 11.2 Å². The Balaban J connectivity index is 2.07. The van der Waals surface area contributed by atoms with Crippen LogP contribution >= 0.6 is 11.6 Å². The van der Waals surface area contributed by atoms with Gasteiger partial charge in [-0.2, -0.15) is 0 Å². The number of nitrogens with zero attached hydrogens (tertiary/aromatic N) is 2. The summed E-state index contributed by atoms with van der Waals surface area (Å²) in [6.07, 6.45) is 1.30. The highest BCUT2D eigenvalue weighted by Crippen LogP contribution is 2.22. The average molecular weight is 338 g/mol. The van der Waals surface area contributed by atoms with Crippen LogP contribution in [0, 0.1) is 0 Å². The Hall–Kier alpha value is -2.54. The van der Waals surface area contributed by atoms with Crippen molar-refractivity contribution < 1.29 is 9.53 Å². The second-order valence-electron chi connectivity index (χ2n) is 4.86. The van der Waals surface area contributed by atoms with Gasteiger partial charge in [-0.3, -0.25) is 18.7 Å². The van der Waals surface area contributed by atoms with Crippen molar-refractivity contribution in [1.82, 2.24) is 14.5 Å². The molecule has 0 aliphatic rings. The molecule has 0 unspecified atom stereocenters. The fourth-order valence-electron chi connectivity index (χ4n) is 2.03. The number of hydrogen-bond donors (Lipinski definition) is 1. The topological polar surface area (TPSA) is 82.3 Å². The van der Waals surface area contributed by atoms with Gasteiger partial charge in [-0.05, 0) is 18.2 Å². The summed E-state index contributed by atoms with van der Waals surface area (Å²) in [4.78, 5) is 35.2. The lowest BCUT2D eigenvalue weighted by Gasteiger charge is -2.11. The molecule has 0 bridgehead atoms. The second-order valence-corrected chi connectivity index (χ2v) is 5.29. The number of halogens is 1. The third-order valence-electron chi connectivity index (χ3n) is 3.29. The number of nitrogens with one attached hydrogen (secondary N) is 1. The Morgan fingerprint density at radius 3 is 2.74 bits per heavy atom. The highest BCUT2D eigenvalue weighted by Gasteiger charge is 2.09. The van der Waals surface area contributed by atoms with Gasteiger partial charge < -0.3 is 10.1 Å². The number of carbonyl (C=O) groups excluding carboxylic acids is 1. The van der Waals surface area contributed by atoms with E-state index in [1.54, 1.807) is 18.2 Å². The maximum atomic E-state index is 12.0. The molecule has 1 N–H and O–H groups in total. The molecule has 0 atom stereocenters. The van der Waals surface area contributed by atoms with Gasteiger partial charge in [-0.1, -0.05) is 11.6 Å². The van der Waals surface area contributed by atoms with Crippen LogP contribution < -0.4 is 21.3 Å². The first-order valence-corrected chi connectivity index (χ1v) is 7.15. The molecule has 2 aromatic rings. The zero-order chi connectivity index (χ0) is 17.0. The maximum Gasteiger partial charge on any atom is 0.331 e. The van der Waals surface area contributed by atoms with E-state index in [1.165, 1.54) is 26.4 Å². The highest BCUT2D eigenvalue weighted by molar-refractivity contribution is 6.30. The standard InChI is InChI=1S/C15H16ClN3O4/c1-18-14(21)5-6-19(15(18)22)9-13(20)17-8-10-7-11(16)3-4-12(10)23-2/h3-7H,8-9H2,1-2H3,(H,17,20). The van der Waals surface area contributed by atoms with Gasteiger partial charge in [-0.25, -0.2) is 4.79 Å². The minimum Gasteiger partial charge on any atom is -0.496 e. The van der Waals surface area contributed by atoms with Crippen LogP contribution in [-0.4, -0.2) is 22.2 Å². The summed E-state index contributed by atoms with van der Waals surface area (Å²) < 4.78 is 7.29. The van der Waals surface area contributed by atoms with Crippen LogP contribution in [0.25, 0.3) is 0 Å². The normalized spacial score (nSPS) is 10.4.